The molecular formula is C16H10I2N2O3. The van der Waals surface area contributed by atoms with E-state index in [1.807, 2.05) is 46.9 Å². The number of phenols is 1. The Labute approximate surface area is 159 Å². The number of phenolic OH excluding ortho intramolecular Hbond substituents is 1. The van der Waals surface area contributed by atoms with Crippen LogP contribution >= 0.6 is 45.2 Å². The highest BCUT2D eigenvalue weighted by atomic mass is 127. The number of carbonyl (C=O) groups is 1. The van der Waals surface area contributed by atoms with Crippen LogP contribution in [0, 0.1) is 7.14 Å². The number of hydrogen-bond donors (Lipinski definition) is 2. The second-order valence-electron chi connectivity index (χ2n) is 4.67. The molecule has 1 heterocycles. The van der Waals surface area contributed by atoms with Crippen molar-refractivity contribution < 1.29 is 14.3 Å². The van der Waals surface area contributed by atoms with Crippen LogP contribution in [0.2, 0.25) is 0 Å². The summed E-state index contributed by atoms with van der Waals surface area (Å²) in [4.78, 5) is 12.0. The van der Waals surface area contributed by atoms with Crippen LogP contribution in [0.25, 0.3) is 11.0 Å². The molecule has 0 fully saturated rings. The number of nitrogens with one attached hydrogen (secondary N) is 1. The summed E-state index contributed by atoms with van der Waals surface area (Å²) in [6.45, 7) is 0. The average molecular weight is 532 g/mol. The van der Waals surface area contributed by atoms with Gasteiger partial charge in [-0.2, -0.15) is 5.10 Å². The first-order valence-corrected chi connectivity index (χ1v) is 8.70. The van der Waals surface area contributed by atoms with E-state index < -0.39 is 5.91 Å². The van der Waals surface area contributed by atoms with Crippen molar-refractivity contribution in [2.24, 2.45) is 5.10 Å². The molecule has 2 aromatic carbocycles. The molecule has 5 nitrogen and oxygen atoms in total. The number of aromatic hydroxyl groups is 1. The van der Waals surface area contributed by atoms with Gasteiger partial charge in [-0.25, -0.2) is 5.43 Å². The lowest BCUT2D eigenvalue weighted by atomic mass is 10.2. The summed E-state index contributed by atoms with van der Waals surface area (Å²) < 4.78 is 7.15. The second kappa shape index (κ2) is 6.87. The van der Waals surface area contributed by atoms with E-state index in [2.05, 4.69) is 33.1 Å². The number of carbonyl (C=O) groups excluding carboxylic acids is 1. The summed E-state index contributed by atoms with van der Waals surface area (Å²) in [7, 11) is 0. The summed E-state index contributed by atoms with van der Waals surface area (Å²) in [6.07, 6.45) is 1.40. The standard InChI is InChI=1S/C16H10I2N2O3/c17-11-5-10(15(21)12(18)7-11)8-19-20-16(22)14-6-9-3-1-2-4-13(9)23-14/h1-8,21H,(H,20,22)/b19-8+. The van der Waals surface area contributed by atoms with Crippen LogP contribution < -0.4 is 5.43 Å². The van der Waals surface area contributed by atoms with Gasteiger partial charge in [0.2, 0.25) is 0 Å². The van der Waals surface area contributed by atoms with Gasteiger partial charge in [-0.15, -0.1) is 0 Å². The van der Waals surface area contributed by atoms with Gasteiger partial charge >= 0.3 is 5.91 Å². The van der Waals surface area contributed by atoms with E-state index in [-0.39, 0.29) is 11.5 Å². The zero-order valence-electron chi connectivity index (χ0n) is 11.6. The van der Waals surface area contributed by atoms with Crippen LogP contribution in [-0.2, 0) is 0 Å². The van der Waals surface area contributed by atoms with Crippen molar-refractivity contribution in [2.75, 3.05) is 0 Å². The van der Waals surface area contributed by atoms with E-state index in [1.54, 1.807) is 18.2 Å². The molecule has 0 aliphatic rings. The van der Waals surface area contributed by atoms with Gasteiger partial charge in [0, 0.05) is 14.5 Å². The van der Waals surface area contributed by atoms with Gasteiger partial charge in [-0.05, 0) is 69.4 Å². The van der Waals surface area contributed by atoms with Crippen molar-refractivity contribution >= 4 is 68.3 Å². The molecule has 1 amide bonds. The fraction of sp³-hybridized carbons (Fsp3) is 0. The van der Waals surface area contributed by atoms with Crippen molar-refractivity contribution in [1.29, 1.82) is 0 Å². The number of furan rings is 1. The number of nitrogens with zero attached hydrogens (tertiary/aromatic N) is 1. The number of hydrazone groups is 1. The molecule has 0 unspecified atom stereocenters. The van der Waals surface area contributed by atoms with Gasteiger partial charge < -0.3 is 9.52 Å². The Balaban J connectivity index is 1.76. The van der Waals surface area contributed by atoms with Gasteiger partial charge in [0.05, 0.1) is 9.78 Å². The first-order valence-electron chi connectivity index (χ1n) is 6.54. The van der Waals surface area contributed by atoms with Crippen molar-refractivity contribution in [2.45, 2.75) is 0 Å². The summed E-state index contributed by atoms with van der Waals surface area (Å²) in [5, 5.41) is 14.7. The molecule has 7 heteroatoms. The minimum absolute atomic E-state index is 0.132. The molecule has 1 aromatic heterocycles. The maximum Gasteiger partial charge on any atom is 0.307 e. The average Bonchev–Trinajstić information content (AvgIpc) is 2.96. The lowest BCUT2D eigenvalue weighted by Gasteiger charge is -2.02. The maximum atomic E-state index is 12.0. The number of fused-ring (bicyclic) bond motifs is 1. The van der Waals surface area contributed by atoms with Gasteiger partial charge in [-0.3, -0.25) is 4.79 Å². The van der Waals surface area contributed by atoms with E-state index in [4.69, 9.17) is 4.42 Å². The first-order chi connectivity index (χ1) is 11.0. The topological polar surface area (TPSA) is 74.8 Å². The third kappa shape index (κ3) is 3.66. The largest absolute Gasteiger partial charge is 0.506 e. The van der Waals surface area contributed by atoms with Crippen molar-refractivity contribution in [3.8, 4) is 5.75 Å². The van der Waals surface area contributed by atoms with Crippen LogP contribution in [0.3, 0.4) is 0 Å². The molecular weight excluding hydrogens is 522 g/mol. The third-order valence-electron chi connectivity index (χ3n) is 3.08. The number of halogens is 2. The van der Waals surface area contributed by atoms with Crippen molar-refractivity contribution in [3.63, 3.8) is 0 Å². The Morgan fingerprint density at radius 1 is 1.22 bits per heavy atom. The molecule has 2 N–H and O–H groups in total. The summed E-state index contributed by atoms with van der Waals surface area (Å²) in [5.74, 6) is -0.130. The summed E-state index contributed by atoms with van der Waals surface area (Å²) >= 11 is 4.19. The lowest BCUT2D eigenvalue weighted by Crippen LogP contribution is -2.16. The quantitative estimate of drug-likeness (QED) is 0.303. The SMILES string of the molecule is O=C(N/N=C/c1cc(I)cc(I)c1O)c1cc2ccccc2o1. The molecule has 3 rings (SSSR count). The first kappa shape index (κ1) is 16.2. The Morgan fingerprint density at radius 2 is 2.00 bits per heavy atom. The number of para-hydroxylation sites is 1. The van der Waals surface area contributed by atoms with Crippen molar-refractivity contribution in [1.82, 2.24) is 5.43 Å². The van der Waals surface area contributed by atoms with Crippen LogP contribution in [0.1, 0.15) is 16.1 Å². The van der Waals surface area contributed by atoms with Crippen LogP contribution in [-0.4, -0.2) is 17.2 Å². The molecule has 0 spiro atoms. The molecule has 0 radical (unpaired) electrons. The highest BCUT2D eigenvalue weighted by molar-refractivity contribution is 14.1. The highest BCUT2D eigenvalue weighted by Crippen LogP contribution is 2.25. The number of benzene rings is 2. The van der Waals surface area contributed by atoms with E-state index in [9.17, 15) is 9.90 Å². The number of hydrogen-bond acceptors (Lipinski definition) is 4. The minimum atomic E-state index is -0.447. The Hall–Kier alpha value is -1.62. The smallest absolute Gasteiger partial charge is 0.307 e. The zero-order valence-corrected chi connectivity index (χ0v) is 15.9. The Morgan fingerprint density at radius 3 is 2.78 bits per heavy atom. The monoisotopic (exact) mass is 532 g/mol. The molecule has 3 aromatic rings. The molecule has 23 heavy (non-hydrogen) atoms. The van der Waals surface area contributed by atoms with Gasteiger partial charge in [0.15, 0.2) is 5.76 Å². The Bertz CT molecular complexity index is 886. The Kier molecular flexibility index (Phi) is 4.85. The number of rotatable bonds is 3. The summed E-state index contributed by atoms with van der Waals surface area (Å²) in [5.41, 5.74) is 3.57. The molecule has 0 bridgehead atoms. The third-order valence-corrected chi connectivity index (χ3v) is 4.52. The van der Waals surface area contributed by atoms with Gasteiger partial charge in [0.25, 0.3) is 0 Å². The minimum Gasteiger partial charge on any atom is -0.506 e. The maximum absolute atomic E-state index is 12.0. The molecule has 0 saturated carbocycles. The second-order valence-corrected chi connectivity index (χ2v) is 7.08. The van der Waals surface area contributed by atoms with Crippen LogP contribution in [0.5, 0.6) is 5.75 Å². The molecule has 0 saturated heterocycles. The molecule has 116 valence electrons. The zero-order chi connectivity index (χ0) is 16.4. The predicted octanol–water partition coefficient (Wildman–Crippen LogP) is 4.11. The molecule has 0 atom stereocenters. The highest BCUT2D eigenvalue weighted by Gasteiger charge is 2.11. The molecule has 0 aliphatic heterocycles. The fourth-order valence-corrected chi connectivity index (χ4v) is 3.88. The van der Waals surface area contributed by atoms with Gasteiger partial charge in [0.1, 0.15) is 11.3 Å². The molecule has 0 aliphatic carbocycles. The van der Waals surface area contributed by atoms with Gasteiger partial charge in [-0.1, -0.05) is 18.2 Å². The summed E-state index contributed by atoms with van der Waals surface area (Å²) in [6, 6.07) is 12.7. The predicted molar refractivity (Wildman–Crippen MR) is 105 cm³/mol. The lowest BCUT2D eigenvalue weighted by molar-refractivity contribution is 0.0929. The van der Waals surface area contributed by atoms with E-state index in [0.717, 1.165) is 12.5 Å². The number of amides is 1. The van der Waals surface area contributed by atoms with Crippen LogP contribution in [0.4, 0.5) is 0 Å². The van der Waals surface area contributed by atoms with Crippen LogP contribution in [0.15, 0.2) is 52.0 Å². The van der Waals surface area contributed by atoms with E-state index >= 15 is 0 Å². The van der Waals surface area contributed by atoms with E-state index in [0.29, 0.717) is 11.1 Å². The van der Waals surface area contributed by atoms with Crippen molar-refractivity contribution in [3.05, 3.63) is 60.9 Å². The fourth-order valence-electron chi connectivity index (χ4n) is 1.99. The van der Waals surface area contributed by atoms with E-state index in [1.165, 1.54) is 6.21 Å². The normalized spacial score (nSPS) is 11.2.